The third-order valence-corrected chi connectivity index (χ3v) is 4.42. The molecule has 0 aromatic heterocycles. The molecule has 1 atom stereocenters. The fraction of sp³-hybridized carbons (Fsp3) is 0.923. The molecule has 3 N–H and O–H groups in total. The second kappa shape index (κ2) is 8.59. The van der Waals surface area contributed by atoms with E-state index in [0.717, 1.165) is 19.1 Å². The molecule has 1 aliphatic rings. The van der Waals surface area contributed by atoms with Crippen molar-refractivity contribution >= 4 is 15.7 Å². The number of rotatable bonds is 8. The second-order valence-electron chi connectivity index (χ2n) is 5.45. The Kier molecular flexibility index (Phi) is 7.47. The first-order chi connectivity index (χ1) is 9.38. The zero-order valence-corrected chi connectivity index (χ0v) is 13.0. The third-order valence-electron chi connectivity index (χ3n) is 3.44. The lowest BCUT2D eigenvalue weighted by Gasteiger charge is -2.22. The van der Waals surface area contributed by atoms with Crippen LogP contribution in [0.2, 0.25) is 0 Å². The number of hydrogen-bond donors (Lipinski definition) is 2. The Morgan fingerprint density at radius 1 is 1.35 bits per heavy atom. The standard InChI is InChI=1S/C13H26N2O4S/c1-20(17,18)10-7-12(14)13(16)15-8-9-19-11-5-3-2-4-6-11/h11-12H,2-10,14H2,1H3,(H,15,16). The van der Waals surface area contributed by atoms with Gasteiger partial charge in [-0.1, -0.05) is 19.3 Å². The van der Waals surface area contributed by atoms with Gasteiger partial charge in [0.25, 0.3) is 0 Å². The van der Waals surface area contributed by atoms with Crippen LogP contribution in [0.3, 0.4) is 0 Å². The van der Waals surface area contributed by atoms with E-state index >= 15 is 0 Å². The van der Waals surface area contributed by atoms with E-state index in [1.54, 1.807) is 0 Å². The molecule has 1 amide bonds. The summed E-state index contributed by atoms with van der Waals surface area (Å²) < 4.78 is 27.6. The molecule has 1 aliphatic carbocycles. The van der Waals surface area contributed by atoms with Gasteiger partial charge < -0.3 is 15.8 Å². The van der Waals surface area contributed by atoms with Gasteiger partial charge in [-0.2, -0.15) is 0 Å². The second-order valence-corrected chi connectivity index (χ2v) is 7.71. The number of carbonyl (C=O) groups is 1. The number of ether oxygens (including phenoxy) is 1. The van der Waals surface area contributed by atoms with E-state index in [-0.39, 0.29) is 18.1 Å². The molecular formula is C13H26N2O4S. The molecular weight excluding hydrogens is 280 g/mol. The van der Waals surface area contributed by atoms with Crippen LogP contribution in [0.15, 0.2) is 0 Å². The third kappa shape index (κ3) is 7.81. The fourth-order valence-electron chi connectivity index (χ4n) is 2.23. The lowest BCUT2D eigenvalue weighted by molar-refractivity contribution is -0.122. The van der Waals surface area contributed by atoms with Gasteiger partial charge in [-0.25, -0.2) is 8.42 Å². The maximum atomic E-state index is 11.6. The maximum absolute atomic E-state index is 11.6. The topological polar surface area (TPSA) is 98.5 Å². The summed E-state index contributed by atoms with van der Waals surface area (Å²) in [5, 5.41) is 2.67. The Morgan fingerprint density at radius 3 is 2.60 bits per heavy atom. The van der Waals surface area contributed by atoms with Crippen LogP contribution >= 0.6 is 0 Å². The van der Waals surface area contributed by atoms with Crippen LogP contribution in [-0.2, 0) is 19.4 Å². The number of carbonyl (C=O) groups excluding carboxylic acids is 1. The molecule has 0 heterocycles. The van der Waals surface area contributed by atoms with Gasteiger partial charge in [0, 0.05) is 12.8 Å². The highest BCUT2D eigenvalue weighted by Crippen LogP contribution is 2.19. The first-order valence-electron chi connectivity index (χ1n) is 7.21. The van der Waals surface area contributed by atoms with Crippen molar-refractivity contribution in [3.8, 4) is 0 Å². The first-order valence-corrected chi connectivity index (χ1v) is 9.27. The molecule has 0 spiro atoms. The number of nitrogens with one attached hydrogen (secondary N) is 1. The molecule has 1 rings (SSSR count). The van der Waals surface area contributed by atoms with Crippen molar-refractivity contribution in [2.45, 2.75) is 50.7 Å². The minimum atomic E-state index is -3.08. The van der Waals surface area contributed by atoms with Crippen LogP contribution in [0.25, 0.3) is 0 Å². The molecule has 7 heteroatoms. The fourth-order valence-corrected chi connectivity index (χ4v) is 2.92. The largest absolute Gasteiger partial charge is 0.376 e. The summed E-state index contributed by atoms with van der Waals surface area (Å²) in [5.74, 6) is -0.388. The van der Waals surface area contributed by atoms with Crippen molar-refractivity contribution in [1.82, 2.24) is 5.32 Å². The molecule has 1 unspecified atom stereocenters. The molecule has 6 nitrogen and oxygen atoms in total. The van der Waals surface area contributed by atoms with E-state index in [1.807, 2.05) is 0 Å². The van der Waals surface area contributed by atoms with Crippen LogP contribution in [-0.4, -0.2) is 51.6 Å². The van der Waals surface area contributed by atoms with E-state index in [0.29, 0.717) is 19.3 Å². The van der Waals surface area contributed by atoms with Crippen molar-refractivity contribution in [2.75, 3.05) is 25.2 Å². The minimum Gasteiger partial charge on any atom is -0.376 e. The van der Waals surface area contributed by atoms with E-state index < -0.39 is 15.9 Å². The van der Waals surface area contributed by atoms with Gasteiger partial charge in [0.2, 0.25) is 5.91 Å². The first kappa shape index (κ1) is 17.4. The molecule has 0 aliphatic heterocycles. The summed E-state index contributed by atoms with van der Waals surface area (Å²) >= 11 is 0. The summed E-state index contributed by atoms with van der Waals surface area (Å²) in [6.45, 7) is 0.900. The zero-order valence-electron chi connectivity index (χ0n) is 12.1. The van der Waals surface area contributed by atoms with Crippen LogP contribution < -0.4 is 11.1 Å². The lowest BCUT2D eigenvalue weighted by Crippen LogP contribution is -2.43. The normalized spacial score (nSPS) is 18.7. The van der Waals surface area contributed by atoms with Crippen molar-refractivity contribution in [1.29, 1.82) is 0 Å². The van der Waals surface area contributed by atoms with Crippen molar-refractivity contribution in [3.05, 3.63) is 0 Å². The van der Waals surface area contributed by atoms with Crippen LogP contribution in [0.4, 0.5) is 0 Å². The summed E-state index contributed by atoms with van der Waals surface area (Å²) in [7, 11) is -3.08. The number of nitrogens with two attached hydrogens (primary N) is 1. The highest BCUT2D eigenvalue weighted by atomic mass is 32.2. The highest BCUT2D eigenvalue weighted by Gasteiger charge is 2.16. The SMILES string of the molecule is CS(=O)(=O)CCC(N)C(=O)NCCOC1CCCCC1. The number of sulfone groups is 1. The molecule has 1 saturated carbocycles. The molecule has 0 bridgehead atoms. The molecule has 0 radical (unpaired) electrons. The van der Waals surface area contributed by atoms with Gasteiger partial charge in [-0.3, -0.25) is 4.79 Å². The average molecular weight is 306 g/mol. The lowest BCUT2D eigenvalue weighted by atomic mass is 9.98. The summed E-state index contributed by atoms with van der Waals surface area (Å²) in [6.07, 6.45) is 7.51. The average Bonchev–Trinajstić information content (AvgIpc) is 2.41. The van der Waals surface area contributed by atoms with Crippen LogP contribution in [0.1, 0.15) is 38.5 Å². The predicted octanol–water partition coefficient (Wildman–Crippen LogP) is 0.214. The Bertz CT molecular complexity index is 391. The van der Waals surface area contributed by atoms with Gasteiger partial charge in [0.05, 0.1) is 24.5 Å². The van der Waals surface area contributed by atoms with Crippen molar-refractivity contribution in [3.63, 3.8) is 0 Å². The smallest absolute Gasteiger partial charge is 0.237 e. The van der Waals surface area contributed by atoms with Gasteiger partial charge >= 0.3 is 0 Å². The Labute approximate surface area is 121 Å². The Morgan fingerprint density at radius 2 is 2.00 bits per heavy atom. The van der Waals surface area contributed by atoms with Gasteiger partial charge in [-0.05, 0) is 19.3 Å². The molecule has 0 saturated heterocycles. The summed E-state index contributed by atoms with van der Waals surface area (Å²) in [6, 6.07) is -0.778. The predicted molar refractivity (Wildman–Crippen MR) is 78.1 cm³/mol. The van der Waals surface area contributed by atoms with Crippen molar-refractivity contribution in [2.24, 2.45) is 5.73 Å². The highest BCUT2D eigenvalue weighted by molar-refractivity contribution is 7.90. The quantitative estimate of drug-likeness (QED) is 0.625. The monoisotopic (exact) mass is 306 g/mol. The van der Waals surface area contributed by atoms with Crippen LogP contribution in [0.5, 0.6) is 0 Å². The molecule has 118 valence electrons. The maximum Gasteiger partial charge on any atom is 0.237 e. The number of amides is 1. The van der Waals surface area contributed by atoms with Gasteiger partial charge in [0.15, 0.2) is 0 Å². The molecule has 1 fully saturated rings. The van der Waals surface area contributed by atoms with E-state index in [9.17, 15) is 13.2 Å². The van der Waals surface area contributed by atoms with Gasteiger partial charge in [0.1, 0.15) is 9.84 Å². The van der Waals surface area contributed by atoms with E-state index in [4.69, 9.17) is 10.5 Å². The molecule has 20 heavy (non-hydrogen) atoms. The minimum absolute atomic E-state index is 0.0693. The Hall–Kier alpha value is -0.660. The Balaban J connectivity index is 2.09. The molecule has 0 aromatic carbocycles. The van der Waals surface area contributed by atoms with Gasteiger partial charge in [-0.15, -0.1) is 0 Å². The van der Waals surface area contributed by atoms with E-state index in [2.05, 4.69) is 5.32 Å². The number of hydrogen-bond acceptors (Lipinski definition) is 5. The van der Waals surface area contributed by atoms with Crippen molar-refractivity contribution < 1.29 is 17.9 Å². The summed E-state index contributed by atoms with van der Waals surface area (Å²) in [4.78, 5) is 11.6. The zero-order chi connectivity index (χ0) is 15.0. The van der Waals surface area contributed by atoms with E-state index in [1.165, 1.54) is 19.3 Å². The molecule has 0 aromatic rings. The summed E-state index contributed by atoms with van der Waals surface area (Å²) in [5.41, 5.74) is 5.63. The van der Waals surface area contributed by atoms with Crippen LogP contribution in [0, 0.1) is 0 Å².